The standard InChI is InChI=1S/C15H24N2/c1-13-8-10-17(11-9-13)15(12-16-2)14-6-4-3-5-7-14/h3-7,13,15-16H,8-12H2,1-2H3. The Bertz CT molecular complexity index is 315. The van der Waals surface area contributed by atoms with Crippen LogP contribution in [0.1, 0.15) is 31.4 Å². The molecule has 17 heavy (non-hydrogen) atoms. The summed E-state index contributed by atoms with van der Waals surface area (Å²) in [5.41, 5.74) is 1.44. The lowest BCUT2D eigenvalue weighted by molar-refractivity contribution is 0.137. The zero-order valence-electron chi connectivity index (χ0n) is 11.0. The van der Waals surface area contributed by atoms with Gasteiger partial charge < -0.3 is 5.32 Å². The molecule has 1 aliphatic rings. The van der Waals surface area contributed by atoms with Crippen molar-refractivity contribution in [3.63, 3.8) is 0 Å². The Hall–Kier alpha value is -0.860. The normalized spacial score (nSPS) is 20.4. The van der Waals surface area contributed by atoms with Crippen LogP contribution in [0.25, 0.3) is 0 Å². The van der Waals surface area contributed by atoms with E-state index in [0.29, 0.717) is 6.04 Å². The zero-order chi connectivity index (χ0) is 12.1. The second-order valence-corrected chi connectivity index (χ2v) is 5.20. The van der Waals surface area contributed by atoms with Gasteiger partial charge in [-0.3, -0.25) is 4.90 Å². The molecule has 2 nitrogen and oxygen atoms in total. The van der Waals surface area contributed by atoms with E-state index in [9.17, 15) is 0 Å². The van der Waals surface area contributed by atoms with Crippen LogP contribution in [0.2, 0.25) is 0 Å². The van der Waals surface area contributed by atoms with Crippen LogP contribution in [0.5, 0.6) is 0 Å². The minimum absolute atomic E-state index is 0.536. The Labute approximate surface area is 105 Å². The highest BCUT2D eigenvalue weighted by molar-refractivity contribution is 5.19. The summed E-state index contributed by atoms with van der Waals surface area (Å²) in [6.45, 7) is 5.89. The van der Waals surface area contributed by atoms with Gasteiger partial charge in [0.2, 0.25) is 0 Å². The van der Waals surface area contributed by atoms with Crippen molar-refractivity contribution >= 4 is 0 Å². The van der Waals surface area contributed by atoms with Crippen LogP contribution in [-0.2, 0) is 0 Å². The molecular formula is C15H24N2. The highest BCUT2D eigenvalue weighted by Gasteiger charge is 2.23. The number of likely N-dealkylation sites (tertiary alicyclic amines) is 1. The van der Waals surface area contributed by atoms with E-state index in [4.69, 9.17) is 0 Å². The molecule has 1 aliphatic heterocycles. The lowest BCUT2D eigenvalue weighted by atomic mass is 9.96. The second-order valence-electron chi connectivity index (χ2n) is 5.20. The second kappa shape index (κ2) is 6.18. The summed E-state index contributed by atoms with van der Waals surface area (Å²) in [5, 5.41) is 3.33. The van der Waals surface area contributed by atoms with Gasteiger partial charge in [-0.05, 0) is 44.5 Å². The van der Waals surface area contributed by atoms with Crippen molar-refractivity contribution in [2.75, 3.05) is 26.7 Å². The molecule has 1 saturated heterocycles. The van der Waals surface area contributed by atoms with Crippen molar-refractivity contribution in [2.45, 2.75) is 25.8 Å². The number of nitrogens with one attached hydrogen (secondary N) is 1. The van der Waals surface area contributed by atoms with Crippen LogP contribution in [0.4, 0.5) is 0 Å². The van der Waals surface area contributed by atoms with Gasteiger partial charge in [0, 0.05) is 12.6 Å². The van der Waals surface area contributed by atoms with E-state index in [1.807, 2.05) is 7.05 Å². The van der Waals surface area contributed by atoms with Crippen molar-refractivity contribution in [2.24, 2.45) is 5.92 Å². The van der Waals surface area contributed by atoms with Crippen molar-refractivity contribution in [3.8, 4) is 0 Å². The highest BCUT2D eigenvalue weighted by Crippen LogP contribution is 2.26. The highest BCUT2D eigenvalue weighted by atomic mass is 15.2. The van der Waals surface area contributed by atoms with Crippen LogP contribution in [0.15, 0.2) is 30.3 Å². The van der Waals surface area contributed by atoms with E-state index in [1.165, 1.54) is 31.5 Å². The molecule has 0 radical (unpaired) electrons. The molecule has 1 fully saturated rings. The SMILES string of the molecule is CNCC(c1ccccc1)N1CCC(C)CC1. The average molecular weight is 232 g/mol. The largest absolute Gasteiger partial charge is 0.318 e. The fourth-order valence-corrected chi connectivity index (χ4v) is 2.67. The first-order valence-corrected chi connectivity index (χ1v) is 6.75. The van der Waals surface area contributed by atoms with Crippen LogP contribution >= 0.6 is 0 Å². The van der Waals surface area contributed by atoms with Gasteiger partial charge in [-0.2, -0.15) is 0 Å². The molecule has 1 atom stereocenters. The maximum absolute atomic E-state index is 3.33. The number of likely N-dealkylation sites (N-methyl/N-ethyl adjacent to an activating group) is 1. The fraction of sp³-hybridized carbons (Fsp3) is 0.600. The molecule has 0 aliphatic carbocycles. The van der Waals surface area contributed by atoms with Gasteiger partial charge in [-0.1, -0.05) is 37.3 Å². The van der Waals surface area contributed by atoms with E-state index in [-0.39, 0.29) is 0 Å². The molecule has 1 unspecified atom stereocenters. The number of benzene rings is 1. The summed E-state index contributed by atoms with van der Waals surface area (Å²) >= 11 is 0. The number of hydrogen-bond donors (Lipinski definition) is 1. The molecule has 1 aromatic carbocycles. The zero-order valence-corrected chi connectivity index (χ0v) is 11.0. The van der Waals surface area contributed by atoms with Gasteiger partial charge in [0.05, 0.1) is 0 Å². The predicted molar refractivity (Wildman–Crippen MR) is 73.1 cm³/mol. The molecule has 0 aromatic heterocycles. The van der Waals surface area contributed by atoms with Crippen LogP contribution in [0, 0.1) is 5.92 Å². The van der Waals surface area contributed by atoms with E-state index >= 15 is 0 Å². The summed E-state index contributed by atoms with van der Waals surface area (Å²) < 4.78 is 0. The summed E-state index contributed by atoms with van der Waals surface area (Å²) in [6, 6.07) is 11.4. The number of hydrogen-bond acceptors (Lipinski definition) is 2. The first kappa shape index (κ1) is 12.6. The average Bonchev–Trinajstić information content (AvgIpc) is 2.38. The van der Waals surface area contributed by atoms with Crippen molar-refractivity contribution in [1.29, 1.82) is 0 Å². The summed E-state index contributed by atoms with van der Waals surface area (Å²) in [5.74, 6) is 0.900. The third-order valence-corrected chi connectivity index (χ3v) is 3.84. The van der Waals surface area contributed by atoms with E-state index < -0.39 is 0 Å². The van der Waals surface area contributed by atoms with Crippen LogP contribution in [-0.4, -0.2) is 31.6 Å². The lowest BCUT2D eigenvalue weighted by Gasteiger charge is -2.37. The predicted octanol–water partition coefficient (Wildman–Crippen LogP) is 2.68. The minimum atomic E-state index is 0.536. The Morgan fingerprint density at radius 3 is 2.47 bits per heavy atom. The molecular weight excluding hydrogens is 208 g/mol. The number of piperidine rings is 1. The smallest absolute Gasteiger partial charge is 0.0472 e. The van der Waals surface area contributed by atoms with Crippen LogP contribution in [0.3, 0.4) is 0 Å². The minimum Gasteiger partial charge on any atom is -0.318 e. The number of rotatable bonds is 4. The van der Waals surface area contributed by atoms with Gasteiger partial charge in [0.15, 0.2) is 0 Å². The Morgan fingerprint density at radius 2 is 1.88 bits per heavy atom. The molecule has 0 spiro atoms. The van der Waals surface area contributed by atoms with Crippen LogP contribution < -0.4 is 5.32 Å². The molecule has 1 aromatic rings. The molecule has 1 heterocycles. The Morgan fingerprint density at radius 1 is 1.24 bits per heavy atom. The van der Waals surface area contributed by atoms with Gasteiger partial charge in [-0.25, -0.2) is 0 Å². The monoisotopic (exact) mass is 232 g/mol. The first-order valence-electron chi connectivity index (χ1n) is 6.75. The Kier molecular flexibility index (Phi) is 4.57. The molecule has 0 bridgehead atoms. The van der Waals surface area contributed by atoms with Crippen molar-refractivity contribution in [1.82, 2.24) is 10.2 Å². The maximum atomic E-state index is 3.33. The summed E-state index contributed by atoms with van der Waals surface area (Å²) in [7, 11) is 2.04. The third-order valence-electron chi connectivity index (χ3n) is 3.84. The van der Waals surface area contributed by atoms with Gasteiger partial charge in [-0.15, -0.1) is 0 Å². The number of nitrogens with zero attached hydrogens (tertiary/aromatic N) is 1. The first-order chi connectivity index (χ1) is 8.31. The molecule has 2 rings (SSSR count). The molecule has 0 saturated carbocycles. The fourth-order valence-electron chi connectivity index (χ4n) is 2.67. The van der Waals surface area contributed by atoms with Crippen molar-refractivity contribution < 1.29 is 0 Å². The quantitative estimate of drug-likeness (QED) is 0.858. The van der Waals surface area contributed by atoms with E-state index in [2.05, 4.69) is 47.5 Å². The third kappa shape index (κ3) is 3.30. The summed E-state index contributed by atoms with van der Waals surface area (Å²) in [4.78, 5) is 2.63. The molecule has 0 amide bonds. The molecule has 94 valence electrons. The van der Waals surface area contributed by atoms with E-state index in [1.54, 1.807) is 0 Å². The van der Waals surface area contributed by atoms with Gasteiger partial charge in [0.1, 0.15) is 0 Å². The topological polar surface area (TPSA) is 15.3 Å². The lowest BCUT2D eigenvalue weighted by Crippen LogP contribution is -2.40. The Balaban J connectivity index is 2.07. The van der Waals surface area contributed by atoms with E-state index in [0.717, 1.165) is 12.5 Å². The molecule has 2 heteroatoms. The van der Waals surface area contributed by atoms with Gasteiger partial charge >= 0.3 is 0 Å². The molecule has 1 N–H and O–H groups in total. The summed E-state index contributed by atoms with van der Waals surface area (Å²) in [6.07, 6.45) is 2.68. The van der Waals surface area contributed by atoms with Gasteiger partial charge in [0.25, 0.3) is 0 Å². The maximum Gasteiger partial charge on any atom is 0.0472 e. The van der Waals surface area contributed by atoms with Crippen molar-refractivity contribution in [3.05, 3.63) is 35.9 Å².